The van der Waals surface area contributed by atoms with Gasteiger partial charge in [-0.05, 0) is 31.2 Å². The molecule has 0 heterocycles. The van der Waals surface area contributed by atoms with Crippen LogP contribution in [0.1, 0.15) is 12.0 Å². The Hall–Kier alpha value is -3.35. The topological polar surface area (TPSA) is 90.5 Å². The molecule has 0 aromatic heterocycles. The van der Waals surface area contributed by atoms with E-state index in [4.69, 9.17) is 0 Å². The lowest BCUT2D eigenvalue weighted by Crippen LogP contribution is -2.37. The molecule has 142 valence electrons. The van der Waals surface area contributed by atoms with Crippen LogP contribution in [0.15, 0.2) is 54.6 Å². The summed E-state index contributed by atoms with van der Waals surface area (Å²) in [7, 11) is 1.56. The number of hydrogen-bond acceptors (Lipinski definition) is 3. The van der Waals surface area contributed by atoms with Gasteiger partial charge >= 0.3 is 6.03 Å². The summed E-state index contributed by atoms with van der Waals surface area (Å²) in [5, 5.41) is 8.03. The van der Waals surface area contributed by atoms with Crippen molar-refractivity contribution in [3.63, 3.8) is 0 Å². The largest absolute Gasteiger partial charge is 0.337 e. The van der Waals surface area contributed by atoms with Gasteiger partial charge in [-0.3, -0.25) is 9.59 Å². The highest BCUT2D eigenvalue weighted by molar-refractivity contribution is 5.94. The first-order chi connectivity index (χ1) is 12.9. The Labute approximate surface area is 158 Å². The van der Waals surface area contributed by atoms with Crippen LogP contribution in [0.4, 0.5) is 16.2 Å². The third-order valence-electron chi connectivity index (χ3n) is 3.80. The average molecular weight is 368 g/mol. The molecule has 0 saturated carbocycles. The number of hydrogen-bond donors (Lipinski definition) is 3. The van der Waals surface area contributed by atoms with Crippen molar-refractivity contribution < 1.29 is 14.4 Å². The second kappa shape index (κ2) is 9.96. The molecule has 2 aromatic carbocycles. The van der Waals surface area contributed by atoms with Crippen LogP contribution in [0.25, 0.3) is 0 Å². The maximum atomic E-state index is 12.1. The van der Waals surface area contributed by atoms with Crippen molar-refractivity contribution in [2.45, 2.75) is 13.3 Å². The molecule has 7 nitrogen and oxygen atoms in total. The Kier molecular flexibility index (Phi) is 7.37. The van der Waals surface area contributed by atoms with Crippen molar-refractivity contribution in [2.24, 2.45) is 0 Å². The molecule has 4 amide bonds. The first-order valence-electron chi connectivity index (χ1n) is 8.64. The van der Waals surface area contributed by atoms with Crippen LogP contribution in [0.3, 0.4) is 0 Å². The summed E-state index contributed by atoms with van der Waals surface area (Å²) in [5.74, 6) is -0.501. The van der Waals surface area contributed by atoms with Crippen LogP contribution in [0.5, 0.6) is 0 Å². The zero-order valence-electron chi connectivity index (χ0n) is 15.5. The van der Waals surface area contributed by atoms with Gasteiger partial charge in [-0.15, -0.1) is 0 Å². The first kappa shape index (κ1) is 20.0. The fourth-order valence-electron chi connectivity index (χ4n) is 2.31. The van der Waals surface area contributed by atoms with Crippen LogP contribution in [0.2, 0.25) is 0 Å². The molecule has 0 unspecified atom stereocenters. The van der Waals surface area contributed by atoms with E-state index in [1.807, 2.05) is 49.4 Å². The minimum Gasteiger partial charge on any atom is -0.337 e. The monoisotopic (exact) mass is 368 g/mol. The zero-order valence-corrected chi connectivity index (χ0v) is 15.5. The van der Waals surface area contributed by atoms with E-state index in [9.17, 15) is 14.4 Å². The molecule has 0 fully saturated rings. The second-order valence-electron chi connectivity index (χ2n) is 6.16. The molecule has 0 saturated heterocycles. The molecule has 3 N–H and O–H groups in total. The van der Waals surface area contributed by atoms with Crippen molar-refractivity contribution in [1.29, 1.82) is 0 Å². The van der Waals surface area contributed by atoms with E-state index in [0.717, 1.165) is 5.56 Å². The molecular formula is C20H24N4O3. The van der Waals surface area contributed by atoms with Gasteiger partial charge in [-0.25, -0.2) is 4.79 Å². The van der Waals surface area contributed by atoms with Gasteiger partial charge in [0.25, 0.3) is 0 Å². The second-order valence-corrected chi connectivity index (χ2v) is 6.16. The Morgan fingerprint density at radius 2 is 1.52 bits per heavy atom. The number of carbonyl (C=O) groups excluding carboxylic acids is 3. The number of amides is 4. The summed E-state index contributed by atoms with van der Waals surface area (Å²) in [6.07, 6.45) is 0.108. The van der Waals surface area contributed by atoms with Gasteiger partial charge in [-0.2, -0.15) is 0 Å². The number of aryl methyl sites for hydroxylation is 1. The standard InChI is InChI=1S/C20H24N4O3/c1-15-8-10-17(11-9-15)22-18(25)14-24(2)19(26)12-13-21-20(27)23-16-6-4-3-5-7-16/h3-11H,12-14H2,1-2H3,(H,22,25)(H2,21,23,27). The molecule has 0 aliphatic carbocycles. The van der Waals surface area contributed by atoms with Crippen molar-refractivity contribution in [1.82, 2.24) is 10.2 Å². The van der Waals surface area contributed by atoms with Gasteiger partial charge in [0.15, 0.2) is 0 Å². The summed E-state index contributed by atoms with van der Waals surface area (Å²) >= 11 is 0. The van der Waals surface area contributed by atoms with E-state index in [1.54, 1.807) is 19.2 Å². The van der Waals surface area contributed by atoms with Crippen molar-refractivity contribution in [2.75, 3.05) is 30.8 Å². The minimum atomic E-state index is -0.381. The zero-order chi connectivity index (χ0) is 19.6. The normalized spacial score (nSPS) is 10.0. The van der Waals surface area contributed by atoms with Gasteiger partial charge in [0.1, 0.15) is 0 Å². The van der Waals surface area contributed by atoms with Crippen molar-refractivity contribution >= 4 is 29.2 Å². The molecule has 0 radical (unpaired) electrons. The van der Waals surface area contributed by atoms with Crippen LogP contribution in [0, 0.1) is 6.92 Å². The number of rotatable bonds is 7. The smallest absolute Gasteiger partial charge is 0.319 e. The number of urea groups is 1. The summed E-state index contributed by atoms with van der Waals surface area (Å²) in [5.41, 5.74) is 2.46. The van der Waals surface area contributed by atoms with Crippen molar-refractivity contribution in [3.05, 3.63) is 60.2 Å². The Morgan fingerprint density at radius 1 is 0.889 bits per heavy atom. The lowest BCUT2D eigenvalue weighted by molar-refractivity contribution is -0.133. The van der Waals surface area contributed by atoms with Crippen LogP contribution >= 0.6 is 0 Å². The van der Waals surface area contributed by atoms with Gasteiger partial charge in [0.05, 0.1) is 6.54 Å². The number of likely N-dealkylation sites (N-methyl/N-ethyl adjacent to an activating group) is 1. The van der Waals surface area contributed by atoms with Crippen molar-refractivity contribution in [3.8, 4) is 0 Å². The van der Waals surface area contributed by atoms with E-state index >= 15 is 0 Å². The van der Waals surface area contributed by atoms with E-state index in [-0.39, 0.29) is 37.4 Å². The highest BCUT2D eigenvalue weighted by atomic mass is 16.2. The number of carbonyl (C=O) groups is 3. The maximum absolute atomic E-state index is 12.1. The fourth-order valence-corrected chi connectivity index (χ4v) is 2.31. The molecule has 27 heavy (non-hydrogen) atoms. The van der Waals surface area contributed by atoms with E-state index < -0.39 is 0 Å². The van der Waals surface area contributed by atoms with Gasteiger partial charge in [0.2, 0.25) is 11.8 Å². The molecule has 0 spiro atoms. The summed E-state index contributed by atoms with van der Waals surface area (Å²) < 4.78 is 0. The predicted molar refractivity (Wildman–Crippen MR) is 106 cm³/mol. The highest BCUT2D eigenvalue weighted by Gasteiger charge is 2.13. The molecular weight excluding hydrogens is 344 g/mol. The van der Waals surface area contributed by atoms with E-state index in [1.165, 1.54) is 4.90 Å². The first-order valence-corrected chi connectivity index (χ1v) is 8.64. The van der Waals surface area contributed by atoms with Gasteiger partial charge in [-0.1, -0.05) is 35.9 Å². The lowest BCUT2D eigenvalue weighted by Gasteiger charge is -2.17. The number of nitrogens with one attached hydrogen (secondary N) is 3. The Bertz CT molecular complexity index is 776. The number of anilines is 2. The quantitative estimate of drug-likeness (QED) is 0.702. The van der Waals surface area contributed by atoms with E-state index in [0.29, 0.717) is 11.4 Å². The minimum absolute atomic E-state index is 0.0527. The van der Waals surface area contributed by atoms with Crippen LogP contribution in [-0.4, -0.2) is 42.9 Å². The molecule has 0 bridgehead atoms. The lowest BCUT2D eigenvalue weighted by atomic mass is 10.2. The fraction of sp³-hybridized carbons (Fsp3) is 0.250. The number of para-hydroxylation sites is 1. The third kappa shape index (κ3) is 7.19. The predicted octanol–water partition coefficient (Wildman–Crippen LogP) is 2.60. The van der Waals surface area contributed by atoms with Crippen LogP contribution in [-0.2, 0) is 9.59 Å². The highest BCUT2D eigenvalue weighted by Crippen LogP contribution is 2.08. The maximum Gasteiger partial charge on any atom is 0.319 e. The molecule has 0 aliphatic rings. The summed E-state index contributed by atoms with van der Waals surface area (Å²) in [6, 6.07) is 16.1. The van der Waals surface area contributed by atoms with Gasteiger partial charge in [0, 0.05) is 31.4 Å². The summed E-state index contributed by atoms with van der Waals surface area (Å²) in [6.45, 7) is 2.09. The molecule has 0 atom stereocenters. The Balaban J connectivity index is 1.68. The number of benzene rings is 2. The van der Waals surface area contributed by atoms with Gasteiger partial charge < -0.3 is 20.9 Å². The summed E-state index contributed by atoms with van der Waals surface area (Å²) in [4.78, 5) is 37.2. The van der Waals surface area contributed by atoms with Crippen LogP contribution < -0.4 is 16.0 Å². The van der Waals surface area contributed by atoms with E-state index in [2.05, 4.69) is 16.0 Å². The third-order valence-corrected chi connectivity index (χ3v) is 3.80. The SMILES string of the molecule is Cc1ccc(NC(=O)CN(C)C(=O)CCNC(=O)Nc2ccccc2)cc1. The molecule has 2 rings (SSSR count). The Morgan fingerprint density at radius 3 is 2.19 bits per heavy atom. The molecule has 0 aliphatic heterocycles. The number of nitrogens with zero attached hydrogens (tertiary/aromatic N) is 1. The molecule has 2 aromatic rings. The molecule has 7 heteroatoms. The average Bonchev–Trinajstić information content (AvgIpc) is 2.64.